The number of hydrogen-bond donors (Lipinski definition) is 0. The van der Waals surface area contributed by atoms with Crippen LogP contribution in [0.2, 0.25) is 5.15 Å². The Morgan fingerprint density at radius 2 is 2.19 bits per heavy atom. The predicted octanol–water partition coefficient (Wildman–Crippen LogP) is 1.76. The van der Waals surface area contributed by atoms with Crippen molar-refractivity contribution >= 4 is 37.9 Å². The van der Waals surface area contributed by atoms with Gasteiger partial charge in [0.1, 0.15) is 0 Å². The average Bonchev–Trinajstić information content (AvgIpc) is 2.87. The average molecular weight is 349 g/mol. The number of imidazole rings is 1. The van der Waals surface area contributed by atoms with Gasteiger partial charge in [0, 0.05) is 30.7 Å². The van der Waals surface area contributed by atoms with Crippen LogP contribution in [0.3, 0.4) is 0 Å². The molecule has 3 heterocycles. The summed E-state index contributed by atoms with van der Waals surface area (Å²) in [6, 6.07) is -0.0947. The molecular weight excluding hydrogens is 332 g/mol. The maximum atomic E-state index is 13.0. The van der Waals surface area contributed by atoms with Gasteiger partial charge in [0.15, 0.2) is 15.1 Å². The van der Waals surface area contributed by atoms with Crippen LogP contribution in [0.4, 0.5) is 0 Å². The van der Waals surface area contributed by atoms with Gasteiger partial charge in [-0.3, -0.25) is 4.40 Å². The normalized spacial score (nSPS) is 22.7. The van der Waals surface area contributed by atoms with Crippen molar-refractivity contribution in [1.82, 2.24) is 18.6 Å². The summed E-state index contributed by atoms with van der Waals surface area (Å²) in [7, 11) is -1.65. The smallest absolute Gasteiger partial charge is 0.262 e. The van der Waals surface area contributed by atoms with Gasteiger partial charge in [-0.25, -0.2) is 13.4 Å². The van der Waals surface area contributed by atoms with E-state index in [4.69, 9.17) is 11.6 Å². The molecule has 1 atom stereocenters. The van der Waals surface area contributed by atoms with Crippen LogP contribution < -0.4 is 0 Å². The van der Waals surface area contributed by atoms with Crippen LogP contribution in [0.15, 0.2) is 16.6 Å². The summed E-state index contributed by atoms with van der Waals surface area (Å²) in [4.78, 5) is 6.87. The van der Waals surface area contributed by atoms with E-state index in [2.05, 4.69) is 9.88 Å². The first-order valence-corrected chi connectivity index (χ1v) is 9.42. The Labute approximate surface area is 133 Å². The summed E-state index contributed by atoms with van der Waals surface area (Å²) in [5, 5.41) is 1.93. The van der Waals surface area contributed by atoms with Crippen molar-refractivity contribution in [3.05, 3.63) is 16.7 Å². The number of fused-ring (bicyclic) bond motifs is 1. The Kier molecular flexibility index (Phi) is 4.00. The molecule has 3 rings (SSSR count). The molecule has 1 unspecified atom stereocenters. The second-order valence-electron chi connectivity index (χ2n) is 5.34. The minimum Gasteiger partial charge on any atom is -0.305 e. The van der Waals surface area contributed by atoms with Gasteiger partial charge in [0.25, 0.3) is 10.0 Å². The van der Waals surface area contributed by atoms with E-state index in [-0.39, 0.29) is 16.2 Å². The third-order valence-electron chi connectivity index (χ3n) is 3.72. The number of halogens is 1. The lowest BCUT2D eigenvalue weighted by Gasteiger charge is -2.26. The van der Waals surface area contributed by atoms with Crippen molar-refractivity contribution in [2.75, 3.05) is 26.7 Å². The molecule has 0 spiro atoms. The highest BCUT2D eigenvalue weighted by Gasteiger charge is 2.35. The first kappa shape index (κ1) is 15.2. The van der Waals surface area contributed by atoms with E-state index in [0.29, 0.717) is 18.1 Å². The molecule has 1 saturated heterocycles. The number of rotatable bonds is 2. The van der Waals surface area contributed by atoms with Gasteiger partial charge >= 0.3 is 0 Å². The van der Waals surface area contributed by atoms with Crippen molar-refractivity contribution < 1.29 is 8.42 Å². The van der Waals surface area contributed by atoms with Crippen molar-refractivity contribution in [3.63, 3.8) is 0 Å². The maximum absolute atomic E-state index is 13.0. The number of sulfonamides is 1. The zero-order valence-corrected chi connectivity index (χ0v) is 14.2. The molecule has 2 aromatic heterocycles. The molecular formula is C12H17ClN4O2S2. The van der Waals surface area contributed by atoms with Gasteiger partial charge in [-0.15, -0.1) is 11.3 Å². The lowest BCUT2D eigenvalue weighted by molar-refractivity contribution is 0.290. The standard InChI is InChI=1S/C12H17ClN4O2S2/c1-9-8-15(2)4-3-5-17(9)21(18,19)11-10(13)14-12-16(11)6-7-20-12/h6-7,9H,3-5,8H2,1-2H3. The number of nitrogens with zero attached hydrogens (tertiary/aromatic N) is 4. The fourth-order valence-corrected chi connectivity index (χ4v) is 5.86. The summed E-state index contributed by atoms with van der Waals surface area (Å²) in [6.07, 6.45) is 2.50. The summed E-state index contributed by atoms with van der Waals surface area (Å²) in [5.41, 5.74) is 0. The second kappa shape index (κ2) is 5.51. The van der Waals surface area contributed by atoms with E-state index in [9.17, 15) is 8.42 Å². The van der Waals surface area contributed by atoms with E-state index in [1.165, 1.54) is 11.3 Å². The molecule has 21 heavy (non-hydrogen) atoms. The van der Waals surface area contributed by atoms with Crippen LogP contribution in [0.25, 0.3) is 4.96 Å². The lowest BCUT2D eigenvalue weighted by atomic mass is 10.3. The molecule has 2 aromatic rings. The maximum Gasteiger partial charge on any atom is 0.262 e. The van der Waals surface area contributed by atoms with Crippen LogP contribution in [-0.4, -0.2) is 59.7 Å². The molecule has 0 amide bonds. The molecule has 9 heteroatoms. The summed E-state index contributed by atoms with van der Waals surface area (Å²) in [6.45, 7) is 4.04. The summed E-state index contributed by atoms with van der Waals surface area (Å²) < 4.78 is 29.1. The number of aromatic nitrogens is 2. The Morgan fingerprint density at radius 3 is 2.95 bits per heavy atom. The molecule has 0 bridgehead atoms. The third-order valence-corrected chi connectivity index (χ3v) is 6.89. The minimum absolute atomic E-state index is 0.0478. The lowest BCUT2D eigenvalue weighted by Crippen LogP contribution is -2.42. The molecule has 1 aliphatic heterocycles. The first-order chi connectivity index (χ1) is 9.91. The highest BCUT2D eigenvalue weighted by atomic mass is 35.5. The van der Waals surface area contributed by atoms with Crippen molar-refractivity contribution in [1.29, 1.82) is 0 Å². The molecule has 0 radical (unpaired) electrons. The molecule has 1 fully saturated rings. The Bertz CT molecular complexity index is 754. The number of thiazole rings is 1. The van der Waals surface area contributed by atoms with Crippen LogP contribution in [0.5, 0.6) is 0 Å². The van der Waals surface area contributed by atoms with Gasteiger partial charge in [0.05, 0.1) is 0 Å². The second-order valence-corrected chi connectivity index (χ2v) is 8.38. The largest absolute Gasteiger partial charge is 0.305 e. The predicted molar refractivity (Wildman–Crippen MR) is 83.5 cm³/mol. The fourth-order valence-electron chi connectivity index (χ4n) is 2.79. The number of hydrogen-bond acceptors (Lipinski definition) is 5. The van der Waals surface area contributed by atoms with Gasteiger partial charge in [-0.2, -0.15) is 4.31 Å². The Morgan fingerprint density at radius 1 is 1.43 bits per heavy atom. The minimum atomic E-state index is -3.66. The van der Waals surface area contributed by atoms with Crippen LogP contribution in [0.1, 0.15) is 13.3 Å². The first-order valence-electron chi connectivity index (χ1n) is 6.72. The SMILES string of the molecule is CC1CN(C)CCCN1S(=O)(=O)c1c(Cl)nc2sccn12. The van der Waals surface area contributed by atoms with Crippen LogP contribution in [0, 0.1) is 0 Å². The van der Waals surface area contributed by atoms with Gasteiger partial charge in [-0.1, -0.05) is 11.6 Å². The monoisotopic (exact) mass is 348 g/mol. The van der Waals surface area contributed by atoms with Crippen LogP contribution in [-0.2, 0) is 10.0 Å². The summed E-state index contributed by atoms with van der Waals surface area (Å²) in [5.74, 6) is 0. The molecule has 0 aromatic carbocycles. The fraction of sp³-hybridized carbons (Fsp3) is 0.583. The number of likely N-dealkylation sites (N-methyl/N-ethyl adjacent to an activating group) is 1. The van der Waals surface area contributed by atoms with Gasteiger partial charge < -0.3 is 4.90 Å². The molecule has 0 N–H and O–H groups in total. The molecule has 116 valence electrons. The van der Waals surface area contributed by atoms with Crippen molar-refractivity contribution in [2.45, 2.75) is 24.4 Å². The van der Waals surface area contributed by atoms with Crippen molar-refractivity contribution in [3.8, 4) is 0 Å². The highest BCUT2D eigenvalue weighted by molar-refractivity contribution is 7.89. The van der Waals surface area contributed by atoms with E-state index < -0.39 is 10.0 Å². The van der Waals surface area contributed by atoms with Crippen molar-refractivity contribution in [2.24, 2.45) is 0 Å². The van der Waals surface area contributed by atoms with E-state index in [1.807, 2.05) is 14.0 Å². The van der Waals surface area contributed by atoms with E-state index in [1.54, 1.807) is 20.3 Å². The molecule has 6 nitrogen and oxygen atoms in total. The molecule has 0 saturated carbocycles. The zero-order chi connectivity index (χ0) is 15.2. The van der Waals surface area contributed by atoms with E-state index in [0.717, 1.165) is 13.0 Å². The van der Waals surface area contributed by atoms with Gasteiger partial charge in [0.2, 0.25) is 0 Å². The highest BCUT2D eigenvalue weighted by Crippen LogP contribution is 2.29. The zero-order valence-electron chi connectivity index (χ0n) is 11.9. The van der Waals surface area contributed by atoms with Crippen LogP contribution >= 0.6 is 22.9 Å². The Balaban J connectivity index is 2.07. The topological polar surface area (TPSA) is 57.9 Å². The van der Waals surface area contributed by atoms with Gasteiger partial charge in [-0.05, 0) is 26.9 Å². The summed E-state index contributed by atoms with van der Waals surface area (Å²) >= 11 is 7.45. The van der Waals surface area contributed by atoms with E-state index >= 15 is 0 Å². The molecule has 0 aliphatic carbocycles. The quantitative estimate of drug-likeness (QED) is 0.830. The third kappa shape index (κ3) is 2.59. The Hall–Kier alpha value is -0.670. The molecule has 1 aliphatic rings.